The number of carbonyl (C=O) groups excluding carboxylic acids is 1. The van der Waals surface area contributed by atoms with E-state index in [1.165, 1.54) is 18.2 Å². The zero-order valence-electron chi connectivity index (χ0n) is 18.0. The van der Waals surface area contributed by atoms with E-state index in [-0.39, 0.29) is 16.8 Å². The van der Waals surface area contributed by atoms with Gasteiger partial charge in [-0.3, -0.25) is 4.79 Å². The van der Waals surface area contributed by atoms with Crippen LogP contribution in [-0.2, 0) is 26.3 Å². The molecule has 5 heteroatoms. The van der Waals surface area contributed by atoms with Crippen molar-refractivity contribution in [1.29, 1.82) is 0 Å². The van der Waals surface area contributed by atoms with E-state index >= 15 is 0 Å². The van der Waals surface area contributed by atoms with Crippen molar-refractivity contribution in [2.24, 2.45) is 17.3 Å². The van der Waals surface area contributed by atoms with E-state index < -0.39 is 5.97 Å². The van der Waals surface area contributed by atoms with Crippen LogP contribution in [0.15, 0.2) is 66.9 Å². The van der Waals surface area contributed by atoms with Crippen LogP contribution in [0.4, 0.5) is 0 Å². The van der Waals surface area contributed by atoms with Crippen molar-refractivity contribution in [3.8, 4) is 5.75 Å². The minimum absolute atomic E-state index is 0.00524. The molecule has 4 aliphatic rings. The Labute approximate surface area is 188 Å². The van der Waals surface area contributed by atoms with E-state index in [4.69, 9.17) is 14.6 Å². The van der Waals surface area contributed by atoms with Crippen LogP contribution >= 0.6 is 0 Å². The van der Waals surface area contributed by atoms with Crippen LogP contribution in [0.5, 0.6) is 5.75 Å². The van der Waals surface area contributed by atoms with Gasteiger partial charge < -0.3 is 14.6 Å². The molecule has 32 heavy (non-hydrogen) atoms. The molecule has 0 radical (unpaired) electrons. The highest BCUT2D eigenvalue weighted by molar-refractivity contribution is 5.79. The van der Waals surface area contributed by atoms with Crippen LogP contribution in [0.2, 0.25) is 0 Å². The molecule has 0 aromatic heterocycles. The fraction of sp³-hybridized carbons (Fsp3) is 0.407. The first-order valence-electron chi connectivity index (χ1n) is 11.3. The SMILES string of the molecule is O=C(O)C=COc1ccc(C23CC4CC(CC(C(=O)OCc5ccccc5)(C4)C2)C3)cc1. The molecule has 4 saturated carbocycles. The van der Waals surface area contributed by atoms with Gasteiger partial charge in [0.25, 0.3) is 0 Å². The average molecular weight is 433 g/mol. The highest BCUT2D eigenvalue weighted by Crippen LogP contribution is 2.66. The van der Waals surface area contributed by atoms with E-state index in [9.17, 15) is 9.59 Å². The molecule has 5 nitrogen and oxygen atoms in total. The standard InChI is InChI=1S/C27H28O5/c28-24(29)10-11-31-23-8-6-22(7-9-23)26-13-20-12-21(14-26)16-27(15-20,18-26)25(30)32-17-19-4-2-1-3-5-19/h1-11,20-21H,12-18H2,(H,28,29). The summed E-state index contributed by atoms with van der Waals surface area (Å²) in [7, 11) is 0. The van der Waals surface area contributed by atoms with Crippen molar-refractivity contribution in [1.82, 2.24) is 0 Å². The lowest BCUT2D eigenvalue weighted by atomic mass is 9.43. The van der Waals surface area contributed by atoms with Gasteiger partial charge in [0, 0.05) is 0 Å². The van der Waals surface area contributed by atoms with Crippen LogP contribution < -0.4 is 4.74 Å². The number of carboxylic acids is 1. The Morgan fingerprint density at radius 2 is 1.66 bits per heavy atom. The minimum atomic E-state index is -1.04. The van der Waals surface area contributed by atoms with Gasteiger partial charge in [-0.25, -0.2) is 4.79 Å². The van der Waals surface area contributed by atoms with E-state index in [0.717, 1.165) is 43.7 Å². The Bertz CT molecular complexity index is 1010. The van der Waals surface area contributed by atoms with Crippen molar-refractivity contribution < 1.29 is 24.2 Å². The third-order valence-electron chi connectivity index (χ3n) is 7.59. The number of ether oxygens (including phenoxy) is 2. The molecule has 0 spiro atoms. The summed E-state index contributed by atoms with van der Waals surface area (Å²) in [5.41, 5.74) is 1.90. The first kappa shape index (κ1) is 20.8. The molecule has 6 rings (SSSR count). The molecule has 2 unspecified atom stereocenters. The number of aliphatic carboxylic acids is 1. The Hall–Kier alpha value is -3.08. The normalized spacial score (nSPS) is 30.4. The summed E-state index contributed by atoms with van der Waals surface area (Å²) < 4.78 is 11.2. The summed E-state index contributed by atoms with van der Waals surface area (Å²) in [6, 6.07) is 17.8. The number of benzene rings is 2. The number of esters is 1. The van der Waals surface area contributed by atoms with Crippen molar-refractivity contribution in [3.63, 3.8) is 0 Å². The van der Waals surface area contributed by atoms with Gasteiger partial charge in [-0.2, -0.15) is 0 Å². The van der Waals surface area contributed by atoms with Gasteiger partial charge in [-0.15, -0.1) is 0 Å². The molecular formula is C27H28O5. The van der Waals surface area contributed by atoms with Crippen molar-refractivity contribution >= 4 is 11.9 Å². The lowest BCUT2D eigenvalue weighted by Crippen LogP contribution is -2.57. The third-order valence-corrected chi connectivity index (χ3v) is 7.59. The summed E-state index contributed by atoms with van der Waals surface area (Å²) in [6.07, 6.45) is 8.35. The third kappa shape index (κ3) is 3.92. The number of rotatable bonds is 7. The lowest BCUT2D eigenvalue weighted by molar-refractivity contribution is -0.175. The highest BCUT2D eigenvalue weighted by Gasteiger charge is 2.61. The predicted octanol–water partition coefficient (Wildman–Crippen LogP) is 5.25. The smallest absolute Gasteiger partial charge is 0.331 e. The van der Waals surface area contributed by atoms with Gasteiger partial charge in [-0.1, -0.05) is 42.5 Å². The van der Waals surface area contributed by atoms with Gasteiger partial charge in [0.05, 0.1) is 17.8 Å². The van der Waals surface area contributed by atoms with E-state index in [1.54, 1.807) is 0 Å². The predicted molar refractivity (Wildman–Crippen MR) is 119 cm³/mol. The second-order valence-corrected chi connectivity index (χ2v) is 9.87. The first-order chi connectivity index (χ1) is 15.5. The second kappa shape index (κ2) is 8.12. The summed E-state index contributed by atoms with van der Waals surface area (Å²) in [6.45, 7) is 0.333. The second-order valence-electron chi connectivity index (χ2n) is 9.87. The first-order valence-corrected chi connectivity index (χ1v) is 11.3. The topological polar surface area (TPSA) is 72.8 Å². The summed E-state index contributed by atoms with van der Waals surface area (Å²) in [5, 5.41) is 8.70. The van der Waals surface area contributed by atoms with Crippen LogP contribution in [0, 0.1) is 17.3 Å². The average Bonchev–Trinajstić information content (AvgIpc) is 2.77. The maximum atomic E-state index is 13.4. The molecule has 4 aliphatic carbocycles. The zero-order chi connectivity index (χ0) is 22.2. The molecule has 166 valence electrons. The van der Waals surface area contributed by atoms with E-state index in [0.29, 0.717) is 24.2 Å². The van der Waals surface area contributed by atoms with Gasteiger partial charge in [0.1, 0.15) is 12.4 Å². The molecule has 4 bridgehead atoms. The molecule has 2 aromatic carbocycles. The number of carboxylic acid groups (broad SMARTS) is 1. The molecule has 0 saturated heterocycles. The largest absolute Gasteiger partial charge is 0.478 e. The highest BCUT2D eigenvalue weighted by atomic mass is 16.5. The van der Waals surface area contributed by atoms with E-state index in [2.05, 4.69) is 12.1 Å². The molecule has 2 aromatic rings. The Balaban J connectivity index is 1.34. The Morgan fingerprint density at radius 3 is 2.31 bits per heavy atom. The number of carbonyl (C=O) groups is 2. The van der Waals surface area contributed by atoms with Crippen LogP contribution in [-0.4, -0.2) is 17.0 Å². The maximum absolute atomic E-state index is 13.4. The number of hydrogen-bond donors (Lipinski definition) is 1. The van der Waals surface area contributed by atoms with Crippen LogP contribution in [0.25, 0.3) is 0 Å². The maximum Gasteiger partial charge on any atom is 0.331 e. The fourth-order valence-electron chi connectivity index (χ4n) is 6.77. The zero-order valence-corrected chi connectivity index (χ0v) is 18.0. The quantitative estimate of drug-likeness (QED) is 0.368. The summed E-state index contributed by atoms with van der Waals surface area (Å²) in [5.74, 6) is 0.663. The van der Waals surface area contributed by atoms with Gasteiger partial charge in [0.15, 0.2) is 0 Å². The molecular weight excluding hydrogens is 404 g/mol. The van der Waals surface area contributed by atoms with Gasteiger partial charge in [-0.05, 0) is 79.0 Å². The molecule has 0 aliphatic heterocycles. The van der Waals surface area contributed by atoms with Gasteiger partial charge >= 0.3 is 11.9 Å². The molecule has 0 heterocycles. The van der Waals surface area contributed by atoms with Gasteiger partial charge in [0.2, 0.25) is 0 Å². The van der Waals surface area contributed by atoms with Crippen molar-refractivity contribution in [3.05, 3.63) is 78.1 Å². The van der Waals surface area contributed by atoms with Crippen LogP contribution in [0.1, 0.15) is 49.7 Å². The van der Waals surface area contributed by atoms with Crippen molar-refractivity contribution in [2.75, 3.05) is 0 Å². The minimum Gasteiger partial charge on any atom is -0.478 e. The molecule has 0 amide bonds. The Morgan fingerprint density at radius 1 is 0.969 bits per heavy atom. The summed E-state index contributed by atoms with van der Waals surface area (Å²) >= 11 is 0. The molecule has 2 atom stereocenters. The van der Waals surface area contributed by atoms with Crippen molar-refractivity contribution in [2.45, 2.75) is 50.5 Å². The summed E-state index contributed by atoms with van der Waals surface area (Å²) in [4.78, 5) is 24.0. The lowest BCUT2D eigenvalue weighted by Gasteiger charge is -2.61. The Kier molecular flexibility index (Phi) is 5.28. The monoisotopic (exact) mass is 432 g/mol. The number of hydrogen-bond acceptors (Lipinski definition) is 4. The van der Waals surface area contributed by atoms with E-state index in [1.807, 2.05) is 42.5 Å². The van der Waals surface area contributed by atoms with Crippen LogP contribution in [0.3, 0.4) is 0 Å². The molecule has 4 fully saturated rings. The fourth-order valence-corrected chi connectivity index (χ4v) is 6.77. The molecule has 1 N–H and O–H groups in total.